The molecule has 0 amide bonds. The average Bonchev–Trinajstić information content (AvgIpc) is 2.67. The lowest BCUT2D eigenvalue weighted by molar-refractivity contribution is 0.104. The summed E-state index contributed by atoms with van der Waals surface area (Å²) in [4.78, 5) is 0. The van der Waals surface area contributed by atoms with Crippen molar-refractivity contribution in [3.63, 3.8) is 0 Å². The molecule has 14 heavy (non-hydrogen) atoms. The normalized spacial score (nSPS) is 26.6. The third kappa shape index (κ3) is 2.36. The molecule has 2 atom stereocenters. The lowest BCUT2D eigenvalue weighted by Crippen LogP contribution is -2.04. The topological polar surface area (TPSA) is 9.23 Å². The molecular weight excluding hydrogens is 172 g/mol. The summed E-state index contributed by atoms with van der Waals surface area (Å²) in [6.45, 7) is 3.16. The number of benzene rings is 1. The first-order valence-corrected chi connectivity index (χ1v) is 5.54. The van der Waals surface area contributed by atoms with Crippen molar-refractivity contribution in [2.75, 3.05) is 6.61 Å². The van der Waals surface area contributed by atoms with Crippen LogP contribution in [0, 0.1) is 5.92 Å². The van der Waals surface area contributed by atoms with Crippen LogP contribution < -0.4 is 0 Å². The number of ether oxygens (including phenoxy) is 1. The van der Waals surface area contributed by atoms with Crippen LogP contribution in [0.3, 0.4) is 0 Å². The van der Waals surface area contributed by atoms with E-state index >= 15 is 0 Å². The molecule has 0 aliphatic carbocycles. The molecule has 1 saturated heterocycles. The molecular formula is C13H18O. The van der Waals surface area contributed by atoms with Crippen LogP contribution in [0.1, 0.15) is 25.3 Å². The van der Waals surface area contributed by atoms with Gasteiger partial charge in [0.2, 0.25) is 0 Å². The Kier molecular flexibility index (Phi) is 3.20. The van der Waals surface area contributed by atoms with E-state index in [1.165, 1.54) is 18.4 Å². The molecule has 1 fully saturated rings. The van der Waals surface area contributed by atoms with Crippen LogP contribution in [0.4, 0.5) is 0 Å². The summed E-state index contributed by atoms with van der Waals surface area (Å²) < 4.78 is 5.69. The van der Waals surface area contributed by atoms with E-state index in [4.69, 9.17) is 4.74 Å². The van der Waals surface area contributed by atoms with Crippen LogP contribution in [0.15, 0.2) is 30.3 Å². The van der Waals surface area contributed by atoms with Gasteiger partial charge >= 0.3 is 0 Å². The summed E-state index contributed by atoms with van der Waals surface area (Å²) in [5, 5.41) is 0. The highest BCUT2D eigenvalue weighted by molar-refractivity contribution is 5.15. The molecule has 1 aliphatic heterocycles. The molecule has 2 unspecified atom stereocenters. The van der Waals surface area contributed by atoms with Gasteiger partial charge in [-0.15, -0.1) is 0 Å². The molecule has 0 spiro atoms. The highest BCUT2D eigenvalue weighted by Crippen LogP contribution is 2.24. The summed E-state index contributed by atoms with van der Waals surface area (Å²) in [5.74, 6) is 0.738. The summed E-state index contributed by atoms with van der Waals surface area (Å²) in [7, 11) is 0. The van der Waals surface area contributed by atoms with Crippen LogP contribution in [-0.4, -0.2) is 12.7 Å². The van der Waals surface area contributed by atoms with Gasteiger partial charge in [-0.1, -0.05) is 37.3 Å². The highest BCUT2D eigenvalue weighted by atomic mass is 16.5. The van der Waals surface area contributed by atoms with Gasteiger partial charge in [0.05, 0.1) is 12.7 Å². The van der Waals surface area contributed by atoms with E-state index in [0.717, 1.165) is 18.9 Å². The zero-order chi connectivity index (χ0) is 9.80. The van der Waals surface area contributed by atoms with E-state index in [2.05, 4.69) is 37.3 Å². The van der Waals surface area contributed by atoms with Gasteiger partial charge in [-0.25, -0.2) is 0 Å². The first-order valence-electron chi connectivity index (χ1n) is 5.54. The Labute approximate surface area is 86.1 Å². The third-order valence-corrected chi connectivity index (χ3v) is 2.99. The standard InChI is InChI=1S/C13H18O/c1-2-13-9-12(10-14-13)8-11-6-4-3-5-7-11/h3-7,12-13H,2,8-10H2,1H3. The Hall–Kier alpha value is -0.820. The summed E-state index contributed by atoms with van der Waals surface area (Å²) in [6, 6.07) is 10.7. The van der Waals surface area contributed by atoms with Crippen molar-refractivity contribution in [2.45, 2.75) is 32.3 Å². The SMILES string of the molecule is CCC1CC(Cc2ccccc2)CO1. The molecule has 76 valence electrons. The van der Waals surface area contributed by atoms with E-state index in [9.17, 15) is 0 Å². The summed E-state index contributed by atoms with van der Waals surface area (Å²) >= 11 is 0. The molecule has 0 N–H and O–H groups in total. The molecule has 1 aromatic rings. The predicted molar refractivity (Wildman–Crippen MR) is 58.3 cm³/mol. The molecule has 0 radical (unpaired) electrons. The zero-order valence-corrected chi connectivity index (χ0v) is 8.78. The van der Waals surface area contributed by atoms with Gasteiger partial charge in [0.1, 0.15) is 0 Å². The number of hydrogen-bond donors (Lipinski definition) is 0. The van der Waals surface area contributed by atoms with Crippen molar-refractivity contribution in [3.05, 3.63) is 35.9 Å². The van der Waals surface area contributed by atoms with Gasteiger partial charge in [-0.05, 0) is 30.7 Å². The fraction of sp³-hybridized carbons (Fsp3) is 0.538. The van der Waals surface area contributed by atoms with Gasteiger partial charge < -0.3 is 4.74 Å². The van der Waals surface area contributed by atoms with Crippen molar-refractivity contribution in [2.24, 2.45) is 5.92 Å². The van der Waals surface area contributed by atoms with Crippen molar-refractivity contribution in [1.82, 2.24) is 0 Å². The van der Waals surface area contributed by atoms with E-state index < -0.39 is 0 Å². The van der Waals surface area contributed by atoms with Gasteiger partial charge in [-0.2, -0.15) is 0 Å². The summed E-state index contributed by atoms with van der Waals surface area (Å²) in [6.07, 6.45) is 4.09. The Balaban J connectivity index is 1.88. The monoisotopic (exact) mass is 190 g/mol. The van der Waals surface area contributed by atoms with E-state index in [1.807, 2.05) is 0 Å². The maximum atomic E-state index is 5.69. The molecule has 2 rings (SSSR count). The second-order valence-corrected chi connectivity index (χ2v) is 4.16. The molecule has 1 aliphatic rings. The van der Waals surface area contributed by atoms with Gasteiger partial charge in [0.25, 0.3) is 0 Å². The molecule has 1 heteroatoms. The Bertz CT molecular complexity index is 268. The molecule has 0 saturated carbocycles. The lowest BCUT2D eigenvalue weighted by atomic mass is 9.96. The molecule has 1 heterocycles. The maximum Gasteiger partial charge on any atom is 0.0576 e. The smallest absolute Gasteiger partial charge is 0.0576 e. The largest absolute Gasteiger partial charge is 0.378 e. The second kappa shape index (κ2) is 4.61. The average molecular weight is 190 g/mol. The van der Waals surface area contributed by atoms with E-state index in [0.29, 0.717) is 6.10 Å². The van der Waals surface area contributed by atoms with E-state index in [-0.39, 0.29) is 0 Å². The van der Waals surface area contributed by atoms with Gasteiger partial charge in [-0.3, -0.25) is 0 Å². The van der Waals surface area contributed by atoms with Crippen molar-refractivity contribution >= 4 is 0 Å². The maximum absolute atomic E-state index is 5.69. The predicted octanol–water partition coefficient (Wildman–Crippen LogP) is 3.04. The summed E-state index contributed by atoms with van der Waals surface area (Å²) in [5.41, 5.74) is 1.44. The molecule has 1 aromatic carbocycles. The second-order valence-electron chi connectivity index (χ2n) is 4.16. The minimum Gasteiger partial charge on any atom is -0.378 e. The van der Waals surface area contributed by atoms with Crippen LogP contribution in [0.5, 0.6) is 0 Å². The Morgan fingerprint density at radius 2 is 2.07 bits per heavy atom. The highest BCUT2D eigenvalue weighted by Gasteiger charge is 2.23. The fourth-order valence-corrected chi connectivity index (χ4v) is 2.15. The quantitative estimate of drug-likeness (QED) is 0.712. The van der Waals surface area contributed by atoms with Crippen LogP contribution in [-0.2, 0) is 11.2 Å². The minimum atomic E-state index is 0.517. The fourth-order valence-electron chi connectivity index (χ4n) is 2.15. The van der Waals surface area contributed by atoms with Crippen molar-refractivity contribution in [3.8, 4) is 0 Å². The van der Waals surface area contributed by atoms with Crippen LogP contribution in [0.25, 0.3) is 0 Å². The Morgan fingerprint density at radius 3 is 2.71 bits per heavy atom. The number of rotatable bonds is 3. The first-order chi connectivity index (χ1) is 6.88. The van der Waals surface area contributed by atoms with E-state index in [1.54, 1.807) is 0 Å². The molecule has 1 nitrogen and oxygen atoms in total. The van der Waals surface area contributed by atoms with Crippen molar-refractivity contribution in [1.29, 1.82) is 0 Å². The third-order valence-electron chi connectivity index (χ3n) is 2.99. The zero-order valence-electron chi connectivity index (χ0n) is 8.78. The van der Waals surface area contributed by atoms with Crippen LogP contribution in [0.2, 0.25) is 0 Å². The van der Waals surface area contributed by atoms with Gasteiger partial charge in [0, 0.05) is 0 Å². The van der Waals surface area contributed by atoms with Gasteiger partial charge in [0.15, 0.2) is 0 Å². The first kappa shape index (κ1) is 9.72. The Morgan fingerprint density at radius 1 is 1.29 bits per heavy atom. The number of hydrogen-bond acceptors (Lipinski definition) is 1. The van der Waals surface area contributed by atoms with Crippen LogP contribution >= 0.6 is 0 Å². The minimum absolute atomic E-state index is 0.517. The van der Waals surface area contributed by atoms with Crippen molar-refractivity contribution < 1.29 is 4.74 Å². The molecule has 0 aromatic heterocycles. The lowest BCUT2D eigenvalue weighted by Gasteiger charge is -2.07. The molecule has 0 bridgehead atoms.